The van der Waals surface area contributed by atoms with Gasteiger partial charge < -0.3 is 5.32 Å². The lowest BCUT2D eigenvalue weighted by molar-refractivity contribution is -0.127. The first-order valence-corrected chi connectivity index (χ1v) is 10.6. The van der Waals surface area contributed by atoms with E-state index in [2.05, 4.69) is 15.1 Å². The van der Waals surface area contributed by atoms with Crippen LogP contribution in [0.5, 0.6) is 0 Å². The van der Waals surface area contributed by atoms with Gasteiger partial charge in [-0.1, -0.05) is 17.7 Å². The molecule has 0 radical (unpaired) electrons. The Morgan fingerprint density at radius 2 is 1.93 bits per heavy atom. The zero-order chi connectivity index (χ0) is 18.8. The van der Waals surface area contributed by atoms with Crippen molar-refractivity contribution in [2.75, 3.05) is 26.2 Å². The number of piperidine rings is 2. The topological polar surface area (TPSA) is 35.6 Å². The number of nitrogens with one attached hydrogen (secondary N) is 1. The molecule has 1 aliphatic carbocycles. The summed E-state index contributed by atoms with van der Waals surface area (Å²) in [6, 6.07) is 6.41. The van der Waals surface area contributed by atoms with Crippen LogP contribution in [0.4, 0.5) is 4.39 Å². The summed E-state index contributed by atoms with van der Waals surface area (Å²) in [4.78, 5) is 17.3. The van der Waals surface area contributed by atoms with Crippen LogP contribution in [0.2, 0.25) is 0 Å². The fourth-order valence-electron chi connectivity index (χ4n) is 4.61. The zero-order valence-electron chi connectivity index (χ0n) is 16.4. The minimum absolute atomic E-state index is 0.0942. The second-order valence-electron chi connectivity index (χ2n) is 8.72. The molecule has 4 nitrogen and oxygen atoms in total. The Balaban J connectivity index is 1.27. The number of amides is 1. The van der Waals surface area contributed by atoms with E-state index in [1.54, 1.807) is 6.07 Å². The van der Waals surface area contributed by atoms with Crippen molar-refractivity contribution >= 4 is 5.91 Å². The van der Waals surface area contributed by atoms with Crippen molar-refractivity contribution in [3.05, 3.63) is 35.1 Å². The Morgan fingerprint density at radius 3 is 2.67 bits per heavy atom. The highest BCUT2D eigenvalue weighted by atomic mass is 19.1. The fourth-order valence-corrected chi connectivity index (χ4v) is 4.61. The number of carbonyl (C=O) groups excluding carboxylic acids is 1. The molecule has 2 aliphatic heterocycles. The molecule has 2 heterocycles. The Labute approximate surface area is 162 Å². The van der Waals surface area contributed by atoms with Gasteiger partial charge in [0.1, 0.15) is 5.82 Å². The molecule has 1 atom stereocenters. The van der Waals surface area contributed by atoms with Crippen LogP contribution in [-0.4, -0.2) is 54.0 Å². The molecule has 2 saturated heterocycles. The lowest BCUT2D eigenvalue weighted by Crippen LogP contribution is -2.50. The lowest BCUT2D eigenvalue weighted by Gasteiger charge is -2.42. The molecule has 0 bridgehead atoms. The van der Waals surface area contributed by atoms with Gasteiger partial charge in [-0.3, -0.25) is 14.6 Å². The van der Waals surface area contributed by atoms with E-state index in [0.717, 1.165) is 75.8 Å². The standard InChI is InChI=1S/C22H32FN3O/c1-16-4-7-21(23)18(13-16)14-25-11-8-20(9-12-25)26-10-2-3-17(15-26)22(27)24-19-5-6-19/h4,7,13,17,19-20H,2-3,5-6,8-12,14-15H2,1H3,(H,24,27). The summed E-state index contributed by atoms with van der Waals surface area (Å²) in [5.74, 6) is 0.344. The van der Waals surface area contributed by atoms with Crippen molar-refractivity contribution in [2.24, 2.45) is 5.92 Å². The maximum Gasteiger partial charge on any atom is 0.224 e. The third kappa shape index (κ3) is 4.88. The highest BCUT2D eigenvalue weighted by Gasteiger charge is 2.33. The van der Waals surface area contributed by atoms with Crippen molar-refractivity contribution < 1.29 is 9.18 Å². The number of carbonyl (C=O) groups is 1. The molecule has 4 rings (SSSR count). The molecule has 0 spiro atoms. The quantitative estimate of drug-likeness (QED) is 0.862. The highest BCUT2D eigenvalue weighted by molar-refractivity contribution is 5.79. The maximum absolute atomic E-state index is 14.0. The molecule has 1 aromatic rings. The number of rotatable bonds is 5. The first-order chi connectivity index (χ1) is 13.1. The Kier molecular flexibility index (Phi) is 5.79. The predicted molar refractivity (Wildman–Crippen MR) is 105 cm³/mol. The molecule has 1 aromatic carbocycles. The van der Waals surface area contributed by atoms with Crippen molar-refractivity contribution in [1.82, 2.24) is 15.1 Å². The minimum atomic E-state index is -0.0942. The first-order valence-electron chi connectivity index (χ1n) is 10.6. The van der Waals surface area contributed by atoms with E-state index in [-0.39, 0.29) is 17.6 Å². The summed E-state index contributed by atoms with van der Waals surface area (Å²) in [5, 5.41) is 3.18. The van der Waals surface area contributed by atoms with E-state index in [1.165, 1.54) is 0 Å². The summed E-state index contributed by atoms with van der Waals surface area (Å²) in [6.07, 6.45) is 6.69. The third-order valence-electron chi connectivity index (χ3n) is 6.42. The van der Waals surface area contributed by atoms with Crippen molar-refractivity contribution in [3.63, 3.8) is 0 Å². The molecule has 0 aromatic heterocycles. The van der Waals surface area contributed by atoms with Gasteiger partial charge in [-0.15, -0.1) is 0 Å². The molecule has 3 aliphatic rings. The summed E-state index contributed by atoms with van der Waals surface area (Å²) in [5.41, 5.74) is 1.92. The smallest absolute Gasteiger partial charge is 0.224 e. The lowest BCUT2D eigenvalue weighted by atomic mass is 9.93. The van der Waals surface area contributed by atoms with Crippen LogP contribution >= 0.6 is 0 Å². The normalized spacial score (nSPS) is 25.5. The number of nitrogens with zero attached hydrogens (tertiary/aromatic N) is 2. The van der Waals surface area contributed by atoms with Gasteiger partial charge in [-0.25, -0.2) is 4.39 Å². The van der Waals surface area contributed by atoms with Crippen LogP contribution in [0.25, 0.3) is 0 Å². The number of likely N-dealkylation sites (tertiary alicyclic amines) is 2. The highest BCUT2D eigenvalue weighted by Crippen LogP contribution is 2.26. The molecular formula is C22H32FN3O. The second kappa shape index (κ2) is 8.27. The number of hydrogen-bond acceptors (Lipinski definition) is 3. The van der Waals surface area contributed by atoms with Crippen LogP contribution in [0, 0.1) is 18.7 Å². The van der Waals surface area contributed by atoms with E-state index in [9.17, 15) is 9.18 Å². The molecule has 1 unspecified atom stereocenters. The Bertz CT molecular complexity index is 668. The molecule has 1 amide bonds. The van der Waals surface area contributed by atoms with Gasteiger partial charge in [0, 0.05) is 30.7 Å². The molecule has 1 N–H and O–H groups in total. The van der Waals surface area contributed by atoms with E-state index >= 15 is 0 Å². The summed E-state index contributed by atoms with van der Waals surface area (Å²) >= 11 is 0. The SMILES string of the molecule is Cc1ccc(F)c(CN2CCC(N3CCCC(C(=O)NC4CC4)C3)CC2)c1. The number of halogens is 1. The largest absolute Gasteiger partial charge is 0.353 e. The summed E-state index contributed by atoms with van der Waals surface area (Å²) < 4.78 is 14.0. The molecule has 1 saturated carbocycles. The summed E-state index contributed by atoms with van der Waals surface area (Å²) in [6.45, 7) is 6.76. The van der Waals surface area contributed by atoms with Crippen molar-refractivity contribution in [3.8, 4) is 0 Å². The van der Waals surface area contributed by atoms with Crippen LogP contribution in [0.3, 0.4) is 0 Å². The second-order valence-corrected chi connectivity index (χ2v) is 8.72. The average Bonchev–Trinajstić information content (AvgIpc) is 3.49. The monoisotopic (exact) mass is 373 g/mol. The first kappa shape index (κ1) is 18.9. The van der Waals surface area contributed by atoms with Gasteiger partial charge in [0.05, 0.1) is 5.92 Å². The van der Waals surface area contributed by atoms with E-state index in [4.69, 9.17) is 0 Å². The van der Waals surface area contributed by atoms with Crippen LogP contribution in [-0.2, 0) is 11.3 Å². The minimum Gasteiger partial charge on any atom is -0.353 e. The molecule has 148 valence electrons. The third-order valence-corrected chi connectivity index (χ3v) is 6.42. The maximum atomic E-state index is 14.0. The number of benzene rings is 1. The van der Waals surface area contributed by atoms with Crippen molar-refractivity contribution in [2.45, 2.75) is 64.1 Å². The van der Waals surface area contributed by atoms with Gasteiger partial charge in [0.25, 0.3) is 0 Å². The zero-order valence-corrected chi connectivity index (χ0v) is 16.4. The molecular weight excluding hydrogens is 341 g/mol. The number of hydrogen-bond donors (Lipinski definition) is 1. The van der Waals surface area contributed by atoms with Gasteiger partial charge in [-0.05, 0) is 71.1 Å². The Hall–Kier alpha value is -1.46. The molecule has 27 heavy (non-hydrogen) atoms. The van der Waals surface area contributed by atoms with E-state index in [0.29, 0.717) is 18.6 Å². The fraction of sp³-hybridized carbons (Fsp3) is 0.682. The number of aryl methyl sites for hydroxylation is 1. The van der Waals surface area contributed by atoms with Gasteiger partial charge in [0.15, 0.2) is 0 Å². The van der Waals surface area contributed by atoms with Crippen LogP contribution in [0.15, 0.2) is 18.2 Å². The predicted octanol–water partition coefficient (Wildman–Crippen LogP) is 3.09. The molecule has 5 heteroatoms. The molecule has 3 fully saturated rings. The van der Waals surface area contributed by atoms with Gasteiger partial charge in [0.2, 0.25) is 5.91 Å². The average molecular weight is 374 g/mol. The van der Waals surface area contributed by atoms with E-state index < -0.39 is 0 Å². The van der Waals surface area contributed by atoms with Crippen LogP contribution < -0.4 is 5.32 Å². The van der Waals surface area contributed by atoms with Gasteiger partial charge in [-0.2, -0.15) is 0 Å². The van der Waals surface area contributed by atoms with E-state index in [1.807, 2.05) is 19.1 Å². The van der Waals surface area contributed by atoms with Crippen molar-refractivity contribution in [1.29, 1.82) is 0 Å². The summed E-state index contributed by atoms with van der Waals surface area (Å²) in [7, 11) is 0. The van der Waals surface area contributed by atoms with Crippen LogP contribution in [0.1, 0.15) is 49.7 Å². The van der Waals surface area contributed by atoms with Gasteiger partial charge >= 0.3 is 0 Å². The Morgan fingerprint density at radius 1 is 1.15 bits per heavy atom.